The molecule has 106 valence electrons. The van der Waals surface area contributed by atoms with Crippen molar-refractivity contribution >= 4 is 0 Å². The number of hydrogen-bond donors (Lipinski definition) is 1. The minimum atomic E-state index is -0.0359. The molecule has 2 rings (SSSR count). The van der Waals surface area contributed by atoms with Crippen molar-refractivity contribution in [1.82, 2.24) is 15.3 Å². The largest absolute Gasteiger partial charge is 0.493 e. The molecule has 5 nitrogen and oxygen atoms in total. The third-order valence-corrected chi connectivity index (χ3v) is 3.07. The van der Waals surface area contributed by atoms with Gasteiger partial charge >= 0.3 is 0 Å². The monoisotopic (exact) mass is 273 g/mol. The fourth-order valence-electron chi connectivity index (χ4n) is 2.21. The molecule has 0 saturated carbocycles. The van der Waals surface area contributed by atoms with Gasteiger partial charge in [-0.05, 0) is 12.6 Å². The standard InChI is InChI=1S/C15H19N3O2/c1-4-18-14(11-8-16-10-17-9-11)12-6-5-7-13(19-2)15(12)20-3/h5-10,14,18H,4H2,1-3H3. The average molecular weight is 273 g/mol. The second-order valence-electron chi connectivity index (χ2n) is 4.25. The van der Waals surface area contributed by atoms with E-state index in [9.17, 15) is 0 Å². The average Bonchev–Trinajstić information content (AvgIpc) is 2.52. The summed E-state index contributed by atoms with van der Waals surface area (Å²) in [6.45, 7) is 2.88. The van der Waals surface area contributed by atoms with Crippen molar-refractivity contribution in [3.05, 3.63) is 48.0 Å². The Morgan fingerprint density at radius 1 is 1.15 bits per heavy atom. The highest BCUT2D eigenvalue weighted by Gasteiger charge is 2.20. The molecule has 1 heterocycles. The number of nitrogens with zero attached hydrogens (tertiary/aromatic N) is 2. The van der Waals surface area contributed by atoms with Crippen molar-refractivity contribution in [2.75, 3.05) is 20.8 Å². The lowest BCUT2D eigenvalue weighted by atomic mass is 9.99. The van der Waals surface area contributed by atoms with Crippen LogP contribution in [-0.2, 0) is 0 Å². The van der Waals surface area contributed by atoms with Gasteiger partial charge in [0.05, 0.1) is 20.3 Å². The minimum Gasteiger partial charge on any atom is -0.493 e. The quantitative estimate of drug-likeness (QED) is 0.874. The van der Waals surface area contributed by atoms with E-state index in [1.54, 1.807) is 26.6 Å². The Hall–Kier alpha value is -2.14. The van der Waals surface area contributed by atoms with Crippen LogP contribution in [-0.4, -0.2) is 30.7 Å². The summed E-state index contributed by atoms with van der Waals surface area (Å²) in [4.78, 5) is 8.18. The zero-order valence-corrected chi connectivity index (χ0v) is 12.0. The molecule has 0 amide bonds. The zero-order valence-electron chi connectivity index (χ0n) is 12.0. The maximum absolute atomic E-state index is 5.51. The number of hydrogen-bond acceptors (Lipinski definition) is 5. The topological polar surface area (TPSA) is 56.3 Å². The molecular weight excluding hydrogens is 254 g/mol. The molecule has 0 saturated heterocycles. The van der Waals surface area contributed by atoms with Crippen LogP contribution in [0, 0.1) is 0 Å². The highest BCUT2D eigenvalue weighted by atomic mass is 16.5. The minimum absolute atomic E-state index is 0.0359. The summed E-state index contributed by atoms with van der Waals surface area (Å²) in [5.41, 5.74) is 1.99. The van der Waals surface area contributed by atoms with Gasteiger partial charge in [-0.15, -0.1) is 0 Å². The first-order chi connectivity index (χ1) is 9.81. The van der Waals surface area contributed by atoms with Crippen LogP contribution in [0.15, 0.2) is 36.9 Å². The van der Waals surface area contributed by atoms with Crippen LogP contribution in [0.5, 0.6) is 11.5 Å². The predicted molar refractivity (Wildman–Crippen MR) is 77.1 cm³/mol. The van der Waals surface area contributed by atoms with E-state index in [0.717, 1.165) is 23.4 Å². The van der Waals surface area contributed by atoms with Gasteiger partial charge in [0.1, 0.15) is 6.33 Å². The lowest BCUT2D eigenvalue weighted by molar-refractivity contribution is 0.349. The van der Waals surface area contributed by atoms with Gasteiger partial charge in [-0.1, -0.05) is 19.1 Å². The van der Waals surface area contributed by atoms with Gasteiger partial charge < -0.3 is 14.8 Å². The first-order valence-corrected chi connectivity index (χ1v) is 6.51. The Labute approximate surface area is 119 Å². The number of rotatable bonds is 6. The van der Waals surface area contributed by atoms with Crippen molar-refractivity contribution in [3.8, 4) is 11.5 Å². The van der Waals surface area contributed by atoms with Crippen molar-refractivity contribution in [1.29, 1.82) is 0 Å². The molecule has 2 aromatic rings. The van der Waals surface area contributed by atoms with E-state index in [2.05, 4.69) is 22.2 Å². The van der Waals surface area contributed by atoms with Crippen LogP contribution in [0.2, 0.25) is 0 Å². The summed E-state index contributed by atoms with van der Waals surface area (Å²) in [6, 6.07) is 5.81. The normalized spacial score (nSPS) is 11.9. The van der Waals surface area contributed by atoms with Gasteiger partial charge in [-0.2, -0.15) is 0 Å². The second-order valence-corrected chi connectivity index (χ2v) is 4.25. The highest BCUT2D eigenvalue weighted by molar-refractivity contribution is 5.50. The first-order valence-electron chi connectivity index (χ1n) is 6.51. The molecule has 0 radical (unpaired) electrons. The van der Waals surface area contributed by atoms with Gasteiger partial charge in [0.15, 0.2) is 11.5 Å². The summed E-state index contributed by atoms with van der Waals surface area (Å²) >= 11 is 0. The Morgan fingerprint density at radius 3 is 2.50 bits per heavy atom. The molecule has 1 aromatic heterocycles. The molecule has 1 aromatic carbocycles. The molecule has 1 N–H and O–H groups in total. The summed E-state index contributed by atoms with van der Waals surface area (Å²) in [5.74, 6) is 1.44. The number of aromatic nitrogens is 2. The molecule has 1 atom stereocenters. The third-order valence-electron chi connectivity index (χ3n) is 3.07. The van der Waals surface area contributed by atoms with Gasteiger partial charge in [-0.25, -0.2) is 9.97 Å². The number of benzene rings is 1. The number of nitrogens with one attached hydrogen (secondary N) is 1. The molecule has 0 aliphatic heterocycles. The van der Waals surface area contributed by atoms with Crippen LogP contribution >= 0.6 is 0 Å². The number of para-hydroxylation sites is 1. The molecule has 0 aliphatic rings. The lowest BCUT2D eigenvalue weighted by Crippen LogP contribution is -2.23. The fraction of sp³-hybridized carbons (Fsp3) is 0.333. The van der Waals surface area contributed by atoms with Crippen molar-refractivity contribution in [2.45, 2.75) is 13.0 Å². The zero-order chi connectivity index (χ0) is 14.4. The van der Waals surface area contributed by atoms with E-state index in [1.165, 1.54) is 6.33 Å². The van der Waals surface area contributed by atoms with E-state index in [0.29, 0.717) is 5.75 Å². The predicted octanol–water partition coefficient (Wildman–Crippen LogP) is 2.19. The molecule has 0 bridgehead atoms. The summed E-state index contributed by atoms with van der Waals surface area (Å²) in [7, 11) is 3.28. The molecule has 1 unspecified atom stereocenters. The summed E-state index contributed by atoms with van der Waals surface area (Å²) in [6.07, 6.45) is 5.13. The first kappa shape index (κ1) is 14.3. The van der Waals surface area contributed by atoms with E-state index >= 15 is 0 Å². The molecule has 0 aliphatic carbocycles. The van der Waals surface area contributed by atoms with Crippen LogP contribution in [0.3, 0.4) is 0 Å². The summed E-state index contributed by atoms with van der Waals surface area (Å²) in [5, 5.41) is 3.43. The van der Waals surface area contributed by atoms with Crippen molar-refractivity contribution in [2.24, 2.45) is 0 Å². The smallest absolute Gasteiger partial charge is 0.165 e. The fourth-order valence-corrected chi connectivity index (χ4v) is 2.21. The summed E-state index contributed by atoms with van der Waals surface area (Å²) < 4.78 is 10.9. The van der Waals surface area contributed by atoms with E-state index in [4.69, 9.17) is 9.47 Å². The van der Waals surface area contributed by atoms with Crippen LogP contribution in [0.4, 0.5) is 0 Å². The Morgan fingerprint density at radius 2 is 1.90 bits per heavy atom. The Bertz CT molecular complexity index is 546. The Kier molecular flexibility index (Phi) is 4.90. The SMILES string of the molecule is CCNC(c1cncnc1)c1cccc(OC)c1OC. The third kappa shape index (κ3) is 2.88. The van der Waals surface area contributed by atoms with E-state index < -0.39 is 0 Å². The van der Waals surface area contributed by atoms with Gasteiger partial charge in [-0.3, -0.25) is 0 Å². The molecular formula is C15H19N3O2. The van der Waals surface area contributed by atoms with Crippen molar-refractivity contribution in [3.63, 3.8) is 0 Å². The van der Waals surface area contributed by atoms with Crippen molar-refractivity contribution < 1.29 is 9.47 Å². The van der Waals surface area contributed by atoms with Gasteiger partial charge in [0.2, 0.25) is 0 Å². The lowest BCUT2D eigenvalue weighted by Gasteiger charge is -2.21. The maximum Gasteiger partial charge on any atom is 0.165 e. The molecule has 0 spiro atoms. The molecule has 5 heteroatoms. The highest BCUT2D eigenvalue weighted by Crippen LogP contribution is 2.36. The maximum atomic E-state index is 5.51. The number of methoxy groups -OCH3 is 2. The second kappa shape index (κ2) is 6.86. The molecule has 0 fully saturated rings. The number of ether oxygens (including phenoxy) is 2. The molecule has 20 heavy (non-hydrogen) atoms. The van der Waals surface area contributed by atoms with Gasteiger partial charge in [0.25, 0.3) is 0 Å². The van der Waals surface area contributed by atoms with E-state index in [1.807, 2.05) is 18.2 Å². The van der Waals surface area contributed by atoms with E-state index in [-0.39, 0.29) is 6.04 Å². The van der Waals surface area contributed by atoms with Gasteiger partial charge in [0, 0.05) is 23.5 Å². The van der Waals surface area contributed by atoms with Crippen LogP contribution in [0.1, 0.15) is 24.1 Å². The van der Waals surface area contributed by atoms with Crippen LogP contribution in [0.25, 0.3) is 0 Å². The van der Waals surface area contributed by atoms with Crippen LogP contribution < -0.4 is 14.8 Å². The Balaban J connectivity index is 2.49.